The van der Waals surface area contributed by atoms with Crippen molar-refractivity contribution in [1.29, 1.82) is 0 Å². The van der Waals surface area contributed by atoms with Crippen LogP contribution in [-0.4, -0.2) is 11.7 Å². The zero-order chi connectivity index (χ0) is 19.7. The third-order valence-corrected chi connectivity index (χ3v) is 5.53. The molecule has 0 aromatic heterocycles. The Labute approximate surface area is 184 Å². The van der Waals surface area contributed by atoms with Crippen molar-refractivity contribution in [1.82, 2.24) is 0 Å². The number of amidine groups is 1. The van der Waals surface area contributed by atoms with Crippen LogP contribution in [0.4, 0.5) is 5.69 Å². The average Bonchev–Trinajstić information content (AvgIpc) is 3.01. The number of rotatable bonds is 3. The van der Waals surface area contributed by atoms with Crippen LogP contribution >= 0.6 is 43.5 Å². The first-order valence-electron chi connectivity index (χ1n) is 8.43. The van der Waals surface area contributed by atoms with Crippen molar-refractivity contribution in [2.75, 3.05) is 4.90 Å². The molecule has 0 atom stereocenters. The van der Waals surface area contributed by atoms with Crippen molar-refractivity contribution in [3.63, 3.8) is 0 Å². The largest absolute Gasteiger partial charge is 0.282 e. The molecule has 1 heterocycles. The maximum atomic E-state index is 13.2. The van der Waals surface area contributed by atoms with Crippen LogP contribution in [0.25, 0.3) is 6.08 Å². The lowest BCUT2D eigenvalue weighted by Gasteiger charge is -2.18. The highest BCUT2D eigenvalue weighted by atomic mass is 79.9. The minimum absolute atomic E-state index is 0.178. The molecule has 3 aromatic rings. The van der Waals surface area contributed by atoms with E-state index in [1.807, 2.05) is 60.7 Å². The van der Waals surface area contributed by atoms with E-state index in [9.17, 15) is 4.79 Å². The zero-order valence-electron chi connectivity index (χ0n) is 14.4. The second kappa shape index (κ2) is 8.03. The van der Waals surface area contributed by atoms with Crippen molar-refractivity contribution >= 4 is 67.0 Å². The van der Waals surface area contributed by atoms with Crippen molar-refractivity contribution in [3.05, 3.63) is 104 Å². The second-order valence-electron chi connectivity index (χ2n) is 6.14. The summed E-state index contributed by atoms with van der Waals surface area (Å²) in [5.74, 6) is 0.409. The Hall–Kier alpha value is -2.21. The first kappa shape index (κ1) is 19.1. The summed E-state index contributed by atoms with van der Waals surface area (Å²) in [6.45, 7) is 0. The maximum Gasteiger partial charge on any atom is 0.282 e. The predicted molar refractivity (Wildman–Crippen MR) is 122 cm³/mol. The van der Waals surface area contributed by atoms with Crippen LogP contribution in [0.2, 0.25) is 5.02 Å². The smallest absolute Gasteiger partial charge is 0.266 e. The molecule has 3 nitrogen and oxygen atoms in total. The molecule has 0 unspecified atom stereocenters. The van der Waals surface area contributed by atoms with E-state index in [0.717, 1.165) is 25.8 Å². The molecule has 1 aliphatic rings. The van der Waals surface area contributed by atoms with Crippen LogP contribution in [0.3, 0.4) is 0 Å². The van der Waals surface area contributed by atoms with E-state index in [1.54, 1.807) is 23.1 Å². The van der Waals surface area contributed by atoms with E-state index in [4.69, 9.17) is 11.6 Å². The number of aliphatic imine (C=N–C) groups is 1. The molecule has 1 aliphatic heterocycles. The minimum atomic E-state index is -0.178. The number of carbonyl (C=O) groups is 1. The molecule has 0 bridgehead atoms. The summed E-state index contributed by atoms with van der Waals surface area (Å²) < 4.78 is 1.94. The van der Waals surface area contributed by atoms with Crippen molar-refractivity contribution in [2.24, 2.45) is 4.99 Å². The number of halogens is 3. The standard InChI is InChI=1S/C22H13Br2ClN2O/c23-16-5-1-14(2-6-16)13-20-22(28)27(19-11-9-18(25)10-12-19)21(26-20)15-3-7-17(24)8-4-15/h1-13H/b20-13+. The topological polar surface area (TPSA) is 32.7 Å². The fourth-order valence-corrected chi connectivity index (χ4v) is 3.51. The normalized spacial score (nSPS) is 15.2. The van der Waals surface area contributed by atoms with Gasteiger partial charge in [0, 0.05) is 19.5 Å². The Morgan fingerprint density at radius 3 is 2.00 bits per heavy atom. The molecule has 0 saturated carbocycles. The van der Waals surface area contributed by atoms with E-state index in [2.05, 4.69) is 36.9 Å². The van der Waals surface area contributed by atoms with Crippen molar-refractivity contribution in [2.45, 2.75) is 0 Å². The third-order valence-electron chi connectivity index (χ3n) is 4.22. The number of hydrogen-bond acceptors (Lipinski definition) is 2. The van der Waals surface area contributed by atoms with E-state index in [-0.39, 0.29) is 5.91 Å². The van der Waals surface area contributed by atoms with Gasteiger partial charge in [-0.05, 0) is 60.2 Å². The molecular weight excluding hydrogens is 504 g/mol. The van der Waals surface area contributed by atoms with E-state index < -0.39 is 0 Å². The van der Waals surface area contributed by atoms with Crippen LogP contribution < -0.4 is 4.90 Å². The summed E-state index contributed by atoms with van der Waals surface area (Å²) >= 11 is 12.9. The number of benzene rings is 3. The molecule has 3 aromatic carbocycles. The van der Waals surface area contributed by atoms with Gasteiger partial charge in [-0.3, -0.25) is 9.69 Å². The molecule has 28 heavy (non-hydrogen) atoms. The SMILES string of the molecule is O=C1/C(=C\c2ccc(Br)cc2)N=C(c2ccc(Br)cc2)N1c1ccc(Cl)cc1. The molecule has 0 radical (unpaired) electrons. The summed E-state index contributed by atoms with van der Waals surface area (Å²) in [5.41, 5.74) is 2.86. The summed E-state index contributed by atoms with van der Waals surface area (Å²) in [7, 11) is 0. The first-order chi connectivity index (χ1) is 13.5. The summed E-state index contributed by atoms with van der Waals surface area (Å²) in [5, 5.41) is 0.614. The van der Waals surface area contributed by atoms with Crippen LogP contribution in [0, 0.1) is 0 Å². The van der Waals surface area contributed by atoms with E-state index in [1.165, 1.54) is 0 Å². The zero-order valence-corrected chi connectivity index (χ0v) is 18.4. The maximum absolute atomic E-state index is 13.2. The van der Waals surface area contributed by atoms with Gasteiger partial charge in [-0.2, -0.15) is 0 Å². The van der Waals surface area contributed by atoms with Gasteiger partial charge in [0.05, 0.1) is 5.69 Å². The molecule has 0 spiro atoms. The Morgan fingerprint density at radius 1 is 0.821 bits per heavy atom. The van der Waals surface area contributed by atoms with Crippen molar-refractivity contribution in [3.8, 4) is 0 Å². The van der Waals surface area contributed by atoms with Gasteiger partial charge in [-0.25, -0.2) is 4.99 Å². The summed E-state index contributed by atoms with van der Waals surface area (Å²) in [6.07, 6.45) is 1.80. The van der Waals surface area contributed by atoms with Gasteiger partial charge in [0.15, 0.2) is 0 Å². The highest BCUT2D eigenvalue weighted by molar-refractivity contribution is 9.10. The fourth-order valence-electron chi connectivity index (χ4n) is 2.86. The van der Waals surface area contributed by atoms with Gasteiger partial charge in [-0.1, -0.05) is 67.7 Å². The first-order valence-corrected chi connectivity index (χ1v) is 10.4. The number of amides is 1. The van der Waals surface area contributed by atoms with E-state index in [0.29, 0.717) is 16.6 Å². The summed E-state index contributed by atoms with van der Waals surface area (Å²) in [6, 6.07) is 22.6. The van der Waals surface area contributed by atoms with Gasteiger partial charge in [0.2, 0.25) is 0 Å². The molecule has 1 amide bonds. The Kier molecular flexibility index (Phi) is 5.49. The molecule has 0 fully saturated rings. The molecule has 138 valence electrons. The Morgan fingerprint density at radius 2 is 1.39 bits per heavy atom. The summed E-state index contributed by atoms with van der Waals surface area (Å²) in [4.78, 5) is 19.5. The molecular formula is C22H13Br2ClN2O. The van der Waals surface area contributed by atoms with Crippen LogP contribution in [0.15, 0.2) is 92.4 Å². The number of carbonyl (C=O) groups excluding carboxylic acids is 1. The molecule has 6 heteroatoms. The lowest BCUT2D eigenvalue weighted by Crippen LogP contribution is -2.32. The molecule has 0 saturated heterocycles. The van der Waals surface area contributed by atoms with Crippen molar-refractivity contribution < 1.29 is 4.79 Å². The number of nitrogens with zero attached hydrogens (tertiary/aromatic N) is 2. The van der Waals surface area contributed by atoms with Gasteiger partial charge in [0.1, 0.15) is 11.5 Å². The van der Waals surface area contributed by atoms with Gasteiger partial charge >= 0.3 is 0 Å². The second-order valence-corrected chi connectivity index (χ2v) is 8.41. The Balaban J connectivity index is 1.81. The highest BCUT2D eigenvalue weighted by Gasteiger charge is 2.32. The van der Waals surface area contributed by atoms with Crippen LogP contribution in [-0.2, 0) is 4.79 Å². The molecule has 0 N–H and O–H groups in total. The number of hydrogen-bond donors (Lipinski definition) is 0. The van der Waals surface area contributed by atoms with Crippen LogP contribution in [0.1, 0.15) is 11.1 Å². The van der Waals surface area contributed by atoms with Crippen LogP contribution in [0.5, 0.6) is 0 Å². The molecule has 4 rings (SSSR count). The lowest BCUT2D eigenvalue weighted by atomic mass is 10.1. The van der Waals surface area contributed by atoms with E-state index >= 15 is 0 Å². The van der Waals surface area contributed by atoms with Gasteiger partial charge in [0.25, 0.3) is 5.91 Å². The number of anilines is 1. The quantitative estimate of drug-likeness (QED) is 0.357. The monoisotopic (exact) mass is 514 g/mol. The van der Waals surface area contributed by atoms with Gasteiger partial charge in [-0.15, -0.1) is 0 Å². The van der Waals surface area contributed by atoms with Gasteiger partial charge < -0.3 is 0 Å². The highest BCUT2D eigenvalue weighted by Crippen LogP contribution is 2.29. The predicted octanol–water partition coefficient (Wildman–Crippen LogP) is 6.70. The Bertz CT molecular complexity index is 1090. The fraction of sp³-hybridized carbons (Fsp3) is 0. The third kappa shape index (κ3) is 3.97. The molecule has 0 aliphatic carbocycles. The lowest BCUT2D eigenvalue weighted by molar-refractivity contribution is -0.113. The average molecular weight is 517 g/mol. The minimum Gasteiger partial charge on any atom is -0.266 e.